The van der Waals surface area contributed by atoms with E-state index in [4.69, 9.17) is 4.74 Å². The molecule has 1 N–H and O–H groups in total. The first-order chi connectivity index (χ1) is 13.7. The highest BCUT2D eigenvalue weighted by Gasteiger charge is 2.35. The number of hydrogen-bond acceptors (Lipinski definition) is 6. The number of likely N-dealkylation sites (tertiary alicyclic amines) is 1. The average molecular weight is 379 g/mol. The van der Waals surface area contributed by atoms with E-state index in [9.17, 15) is 9.90 Å². The van der Waals surface area contributed by atoms with Gasteiger partial charge in [0.05, 0.1) is 30.7 Å². The number of hydrogen-bond donors (Lipinski definition) is 1. The van der Waals surface area contributed by atoms with E-state index >= 15 is 0 Å². The third kappa shape index (κ3) is 3.59. The maximum atomic E-state index is 12.9. The highest BCUT2D eigenvalue weighted by molar-refractivity contribution is 5.94. The van der Waals surface area contributed by atoms with Gasteiger partial charge in [-0.15, -0.1) is 0 Å². The van der Waals surface area contributed by atoms with E-state index in [2.05, 4.69) is 15.1 Å². The fourth-order valence-corrected chi connectivity index (χ4v) is 3.49. The molecule has 0 radical (unpaired) electrons. The summed E-state index contributed by atoms with van der Waals surface area (Å²) >= 11 is 0. The Morgan fingerprint density at radius 1 is 1.25 bits per heavy atom. The standard InChI is InChI=1S/C20H21N5O3/c1-28-19-5-3-2-4-17(19)25-12-15(9-23-25)20(27)24-11-14(18(26)13-24)8-16-10-21-6-7-22-16/h2-7,9-10,12,14,18,26H,8,11,13H2,1H3/t14-,18-/m1/s1. The van der Waals surface area contributed by atoms with Gasteiger partial charge in [-0.3, -0.25) is 14.8 Å². The average Bonchev–Trinajstić information content (AvgIpc) is 3.36. The van der Waals surface area contributed by atoms with Gasteiger partial charge in [0.2, 0.25) is 0 Å². The fraction of sp³-hybridized carbons (Fsp3) is 0.300. The van der Waals surface area contributed by atoms with Crippen molar-refractivity contribution < 1.29 is 14.6 Å². The molecule has 0 aliphatic carbocycles. The highest BCUT2D eigenvalue weighted by Crippen LogP contribution is 2.24. The van der Waals surface area contributed by atoms with Crippen LogP contribution in [-0.4, -0.2) is 62.0 Å². The zero-order valence-electron chi connectivity index (χ0n) is 15.5. The monoisotopic (exact) mass is 379 g/mol. The Hall–Kier alpha value is -3.26. The van der Waals surface area contributed by atoms with Gasteiger partial charge in [-0.25, -0.2) is 4.68 Å². The summed E-state index contributed by atoms with van der Waals surface area (Å²) in [5, 5.41) is 14.7. The van der Waals surface area contributed by atoms with Gasteiger partial charge in [-0.2, -0.15) is 5.10 Å². The minimum Gasteiger partial charge on any atom is -0.494 e. The van der Waals surface area contributed by atoms with E-state index in [1.807, 2.05) is 24.3 Å². The molecule has 144 valence electrons. The van der Waals surface area contributed by atoms with Crippen molar-refractivity contribution in [3.63, 3.8) is 0 Å². The molecule has 28 heavy (non-hydrogen) atoms. The van der Waals surface area contributed by atoms with E-state index in [1.165, 1.54) is 6.20 Å². The van der Waals surface area contributed by atoms with Gasteiger partial charge in [0.1, 0.15) is 11.4 Å². The van der Waals surface area contributed by atoms with Crippen LogP contribution in [0.15, 0.2) is 55.2 Å². The number of aromatic nitrogens is 4. The molecule has 1 aliphatic rings. The van der Waals surface area contributed by atoms with Crippen molar-refractivity contribution in [2.45, 2.75) is 12.5 Å². The number of ether oxygens (including phenoxy) is 1. The van der Waals surface area contributed by atoms with Crippen LogP contribution < -0.4 is 4.74 Å². The second kappa shape index (κ2) is 7.77. The van der Waals surface area contributed by atoms with Crippen LogP contribution in [0.25, 0.3) is 5.69 Å². The van der Waals surface area contributed by atoms with Crippen molar-refractivity contribution in [3.8, 4) is 11.4 Å². The summed E-state index contributed by atoms with van der Waals surface area (Å²) in [4.78, 5) is 22.9. The Morgan fingerprint density at radius 2 is 2.11 bits per heavy atom. The molecular formula is C20H21N5O3. The van der Waals surface area contributed by atoms with E-state index in [0.29, 0.717) is 30.8 Å². The van der Waals surface area contributed by atoms with E-state index in [1.54, 1.807) is 41.5 Å². The highest BCUT2D eigenvalue weighted by atomic mass is 16.5. The molecule has 0 saturated carbocycles. The van der Waals surface area contributed by atoms with Crippen molar-refractivity contribution in [2.75, 3.05) is 20.2 Å². The van der Waals surface area contributed by atoms with Crippen LogP contribution in [0.4, 0.5) is 0 Å². The smallest absolute Gasteiger partial charge is 0.257 e. The number of carbonyl (C=O) groups is 1. The predicted molar refractivity (Wildman–Crippen MR) is 101 cm³/mol. The molecule has 0 spiro atoms. The van der Waals surface area contributed by atoms with Crippen LogP contribution in [0.1, 0.15) is 16.1 Å². The summed E-state index contributed by atoms with van der Waals surface area (Å²) in [7, 11) is 1.59. The Morgan fingerprint density at radius 3 is 2.89 bits per heavy atom. The minimum atomic E-state index is -0.588. The molecule has 0 bridgehead atoms. The molecule has 2 aromatic heterocycles. The zero-order chi connectivity index (χ0) is 19.5. The summed E-state index contributed by atoms with van der Waals surface area (Å²) < 4.78 is 6.97. The largest absolute Gasteiger partial charge is 0.494 e. The van der Waals surface area contributed by atoms with Crippen molar-refractivity contribution in [3.05, 3.63) is 66.5 Å². The van der Waals surface area contributed by atoms with Crippen molar-refractivity contribution in [1.82, 2.24) is 24.6 Å². The lowest BCUT2D eigenvalue weighted by Crippen LogP contribution is -2.29. The minimum absolute atomic E-state index is 0.0649. The molecule has 1 amide bonds. The molecule has 2 atom stereocenters. The molecule has 4 rings (SSSR count). The Bertz CT molecular complexity index is 959. The molecule has 8 heteroatoms. The lowest BCUT2D eigenvalue weighted by atomic mass is 10.0. The fourth-order valence-electron chi connectivity index (χ4n) is 3.49. The first-order valence-electron chi connectivity index (χ1n) is 9.06. The normalized spacial score (nSPS) is 19.0. The molecule has 3 heterocycles. The summed E-state index contributed by atoms with van der Waals surface area (Å²) in [5.41, 5.74) is 2.04. The maximum Gasteiger partial charge on any atom is 0.257 e. The second-order valence-electron chi connectivity index (χ2n) is 6.78. The second-order valence-corrected chi connectivity index (χ2v) is 6.78. The number of aliphatic hydroxyl groups is 1. The first kappa shape index (κ1) is 18.1. The number of aliphatic hydroxyl groups excluding tert-OH is 1. The number of carbonyl (C=O) groups excluding carboxylic acids is 1. The molecule has 1 aliphatic heterocycles. The van der Waals surface area contributed by atoms with Crippen LogP contribution in [0.2, 0.25) is 0 Å². The maximum absolute atomic E-state index is 12.9. The number of benzene rings is 1. The molecule has 1 saturated heterocycles. The number of methoxy groups -OCH3 is 1. The molecule has 0 unspecified atom stereocenters. The summed E-state index contributed by atoms with van der Waals surface area (Å²) in [6.07, 6.45) is 8.15. The molecule has 1 aromatic carbocycles. The van der Waals surface area contributed by atoms with Crippen LogP contribution in [0, 0.1) is 5.92 Å². The van der Waals surface area contributed by atoms with Crippen LogP contribution in [0.3, 0.4) is 0 Å². The van der Waals surface area contributed by atoms with Gasteiger partial charge in [-0.05, 0) is 18.6 Å². The van der Waals surface area contributed by atoms with Gasteiger partial charge in [-0.1, -0.05) is 12.1 Å². The molecule has 3 aromatic rings. The van der Waals surface area contributed by atoms with E-state index < -0.39 is 6.10 Å². The SMILES string of the molecule is COc1ccccc1-n1cc(C(=O)N2C[C@@H](Cc3cnccn3)[C@H](O)C2)cn1. The van der Waals surface area contributed by atoms with E-state index in [0.717, 1.165) is 11.4 Å². The third-order valence-corrected chi connectivity index (χ3v) is 4.94. The molecule has 8 nitrogen and oxygen atoms in total. The number of β-amino-alcohol motifs (C(OH)–C–C–N with tert-alkyl or cyclic N) is 1. The van der Waals surface area contributed by atoms with Gasteiger partial charge in [0.25, 0.3) is 5.91 Å². The van der Waals surface area contributed by atoms with Gasteiger partial charge >= 0.3 is 0 Å². The Kier molecular flexibility index (Phi) is 5.03. The van der Waals surface area contributed by atoms with Crippen molar-refractivity contribution in [1.29, 1.82) is 0 Å². The van der Waals surface area contributed by atoms with Gasteiger partial charge in [0, 0.05) is 43.8 Å². The molecule has 1 fully saturated rings. The van der Waals surface area contributed by atoms with Crippen molar-refractivity contribution in [2.24, 2.45) is 5.92 Å². The van der Waals surface area contributed by atoms with Gasteiger partial charge in [0.15, 0.2) is 0 Å². The predicted octanol–water partition coefficient (Wildman–Crippen LogP) is 1.35. The van der Waals surface area contributed by atoms with Crippen molar-refractivity contribution >= 4 is 5.91 Å². The number of nitrogens with zero attached hydrogens (tertiary/aromatic N) is 5. The number of rotatable bonds is 5. The Labute approximate surface area is 162 Å². The van der Waals surface area contributed by atoms with Crippen LogP contribution >= 0.6 is 0 Å². The zero-order valence-corrected chi connectivity index (χ0v) is 15.5. The van der Waals surface area contributed by atoms with Gasteiger partial charge < -0.3 is 14.7 Å². The van der Waals surface area contributed by atoms with E-state index in [-0.39, 0.29) is 11.8 Å². The number of para-hydroxylation sites is 2. The topological polar surface area (TPSA) is 93.4 Å². The summed E-state index contributed by atoms with van der Waals surface area (Å²) in [6.45, 7) is 0.764. The third-order valence-electron chi connectivity index (χ3n) is 4.94. The lowest BCUT2D eigenvalue weighted by Gasteiger charge is -2.15. The Balaban J connectivity index is 1.47. The summed E-state index contributed by atoms with van der Waals surface area (Å²) in [6, 6.07) is 7.47. The van der Waals surface area contributed by atoms with Crippen LogP contribution in [-0.2, 0) is 6.42 Å². The number of amides is 1. The quantitative estimate of drug-likeness (QED) is 0.719. The summed E-state index contributed by atoms with van der Waals surface area (Å²) in [5.74, 6) is 0.456. The van der Waals surface area contributed by atoms with Crippen LogP contribution in [0.5, 0.6) is 5.75 Å². The molecular weight excluding hydrogens is 358 g/mol. The lowest BCUT2D eigenvalue weighted by molar-refractivity contribution is 0.0764. The first-order valence-corrected chi connectivity index (χ1v) is 9.06.